The summed E-state index contributed by atoms with van der Waals surface area (Å²) in [6, 6.07) is 5.17. The molecule has 0 atom stereocenters. The third-order valence-corrected chi connectivity index (χ3v) is 3.50. The second-order valence-corrected chi connectivity index (χ2v) is 5.28. The molecular weight excluding hydrogens is 203 g/mol. The molecule has 1 nitrogen and oxygen atoms in total. The van der Waals surface area contributed by atoms with Crippen LogP contribution in [-0.4, -0.2) is 5.11 Å². The Hall–Kier alpha value is -0.890. The van der Waals surface area contributed by atoms with E-state index in [9.17, 15) is 9.50 Å². The quantitative estimate of drug-likeness (QED) is 0.808. The van der Waals surface area contributed by atoms with E-state index in [-0.39, 0.29) is 5.82 Å². The van der Waals surface area contributed by atoms with Crippen LogP contribution < -0.4 is 0 Å². The summed E-state index contributed by atoms with van der Waals surface area (Å²) in [5.74, 6) is 0.224. The highest BCUT2D eigenvalue weighted by Crippen LogP contribution is 2.36. The molecule has 0 saturated heterocycles. The highest BCUT2D eigenvalue weighted by atomic mass is 19.1. The fraction of sp³-hybridized carbons (Fsp3) is 0.571. The van der Waals surface area contributed by atoms with Crippen LogP contribution in [0.1, 0.15) is 56.6 Å². The average molecular weight is 222 g/mol. The number of benzene rings is 1. The van der Waals surface area contributed by atoms with Crippen LogP contribution in [0.2, 0.25) is 0 Å². The van der Waals surface area contributed by atoms with Crippen LogP contribution in [-0.2, 0) is 5.60 Å². The Balaban J connectivity index is 2.29. The molecule has 2 heteroatoms. The first-order chi connectivity index (χ1) is 7.48. The first-order valence-corrected chi connectivity index (χ1v) is 6.01. The lowest BCUT2D eigenvalue weighted by atomic mass is 9.92. The van der Waals surface area contributed by atoms with E-state index < -0.39 is 5.60 Å². The standard InChI is InChI=1S/C14H19FO/c1-14(2,16)11-7-8-12(13(15)9-11)10-5-3-4-6-10/h7-10,16H,3-6H2,1-2H3. The molecule has 2 rings (SSSR count). The molecule has 0 aliphatic heterocycles. The predicted molar refractivity (Wildman–Crippen MR) is 62.9 cm³/mol. The van der Waals surface area contributed by atoms with Crippen molar-refractivity contribution < 1.29 is 9.50 Å². The molecule has 1 N–H and O–H groups in total. The van der Waals surface area contributed by atoms with Gasteiger partial charge in [0.25, 0.3) is 0 Å². The van der Waals surface area contributed by atoms with Gasteiger partial charge < -0.3 is 5.11 Å². The first-order valence-electron chi connectivity index (χ1n) is 6.01. The van der Waals surface area contributed by atoms with Gasteiger partial charge in [0, 0.05) is 0 Å². The molecule has 0 radical (unpaired) electrons. The Morgan fingerprint density at radius 1 is 1.25 bits per heavy atom. The van der Waals surface area contributed by atoms with Crippen LogP contribution in [0.4, 0.5) is 4.39 Å². The molecule has 0 amide bonds. The molecule has 0 bridgehead atoms. The van der Waals surface area contributed by atoms with Crippen molar-refractivity contribution >= 4 is 0 Å². The van der Waals surface area contributed by atoms with Gasteiger partial charge in [-0.15, -0.1) is 0 Å². The number of rotatable bonds is 2. The number of hydrogen-bond acceptors (Lipinski definition) is 1. The molecule has 1 aliphatic carbocycles. The first kappa shape index (κ1) is 11.6. The minimum absolute atomic E-state index is 0.161. The van der Waals surface area contributed by atoms with Gasteiger partial charge in [-0.05, 0) is 49.8 Å². The topological polar surface area (TPSA) is 20.2 Å². The maximum absolute atomic E-state index is 13.9. The van der Waals surface area contributed by atoms with Crippen molar-refractivity contribution in [1.29, 1.82) is 0 Å². The number of aliphatic hydroxyl groups is 1. The van der Waals surface area contributed by atoms with Gasteiger partial charge in [0.1, 0.15) is 5.82 Å². The van der Waals surface area contributed by atoms with E-state index in [1.54, 1.807) is 13.8 Å². The Morgan fingerprint density at radius 2 is 1.88 bits per heavy atom. The maximum atomic E-state index is 13.9. The largest absolute Gasteiger partial charge is 0.386 e. The molecule has 16 heavy (non-hydrogen) atoms. The summed E-state index contributed by atoms with van der Waals surface area (Å²) < 4.78 is 13.9. The van der Waals surface area contributed by atoms with Crippen LogP contribution in [0.15, 0.2) is 18.2 Å². The lowest BCUT2D eigenvalue weighted by Gasteiger charge is -2.19. The molecule has 1 aromatic carbocycles. The monoisotopic (exact) mass is 222 g/mol. The summed E-state index contributed by atoms with van der Waals surface area (Å²) in [6.45, 7) is 3.36. The molecule has 0 heterocycles. The molecule has 0 unspecified atom stereocenters. The van der Waals surface area contributed by atoms with Gasteiger partial charge in [-0.1, -0.05) is 25.0 Å². The zero-order valence-corrected chi connectivity index (χ0v) is 9.96. The average Bonchev–Trinajstić information content (AvgIpc) is 2.69. The molecule has 1 aliphatic rings. The van der Waals surface area contributed by atoms with Crippen molar-refractivity contribution in [3.8, 4) is 0 Å². The fourth-order valence-corrected chi connectivity index (χ4v) is 2.48. The third kappa shape index (κ3) is 2.27. The van der Waals surface area contributed by atoms with Crippen molar-refractivity contribution in [3.05, 3.63) is 35.1 Å². The van der Waals surface area contributed by atoms with Crippen LogP contribution in [0.3, 0.4) is 0 Å². The lowest BCUT2D eigenvalue weighted by Crippen LogP contribution is -2.16. The fourth-order valence-electron chi connectivity index (χ4n) is 2.48. The Bertz CT molecular complexity index is 373. The van der Waals surface area contributed by atoms with E-state index in [0.717, 1.165) is 18.4 Å². The Morgan fingerprint density at radius 3 is 2.38 bits per heavy atom. The molecule has 88 valence electrons. The van der Waals surface area contributed by atoms with Crippen molar-refractivity contribution in [3.63, 3.8) is 0 Å². The Labute approximate surface area is 96.3 Å². The van der Waals surface area contributed by atoms with E-state index in [2.05, 4.69) is 0 Å². The zero-order valence-electron chi connectivity index (χ0n) is 9.96. The second-order valence-electron chi connectivity index (χ2n) is 5.28. The molecule has 0 aromatic heterocycles. The molecule has 1 fully saturated rings. The molecular formula is C14H19FO. The van der Waals surface area contributed by atoms with Gasteiger partial charge in [0.2, 0.25) is 0 Å². The number of halogens is 1. The summed E-state index contributed by atoms with van der Waals surface area (Å²) >= 11 is 0. The SMILES string of the molecule is CC(C)(O)c1ccc(C2CCCC2)c(F)c1. The van der Waals surface area contributed by atoms with Crippen molar-refractivity contribution in [2.75, 3.05) is 0 Å². The van der Waals surface area contributed by atoms with E-state index in [1.165, 1.54) is 18.9 Å². The van der Waals surface area contributed by atoms with E-state index in [4.69, 9.17) is 0 Å². The van der Waals surface area contributed by atoms with Crippen molar-refractivity contribution in [2.24, 2.45) is 0 Å². The van der Waals surface area contributed by atoms with Crippen LogP contribution >= 0.6 is 0 Å². The minimum atomic E-state index is -0.963. The van der Waals surface area contributed by atoms with Gasteiger partial charge >= 0.3 is 0 Å². The zero-order chi connectivity index (χ0) is 11.8. The summed E-state index contributed by atoms with van der Waals surface area (Å²) in [6.07, 6.45) is 4.60. The summed E-state index contributed by atoms with van der Waals surface area (Å²) in [7, 11) is 0. The lowest BCUT2D eigenvalue weighted by molar-refractivity contribution is 0.0782. The minimum Gasteiger partial charge on any atom is -0.386 e. The normalized spacial score (nSPS) is 18.0. The molecule has 0 spiro atoms. The van der Waals surface area contributed by atoms with Gasteiger partial charge in [-0.2, -0.15) is 0 Å². The summed E-state index contributed by atoms with van der Waals surface area (Å²) in [5.41, 5.74) is 0.506. The highest BCUT2D eigenvalue weighted by molar-refractivity contribution is 5.30. The number of hydrogen-bond donors (Lipinski definition) is 1. The van der Waals surface area contributed by atoms with Gasteiger partial charge in [0.15, 0.2) is 0 Å². The van der Waals surface area contributed by atoms with E-state index >= 15 is 0 Å². The van der Waals surface area contributed by atoms with Crippen LogP contribution in [0, 0.1) is 5.82 Å². The van der Waals surface area contributed by atoms with Crippen LogP contribution in [0.25, 0.3) is 0 Å². The van der Waals surface area contributed by atoms with Gasteiger partial charge in [0.05, 0.1) is 5.60 Å². The van der Waals surface area contributed by atoms with Gasteiger partial charge in [-0.25, -0.2) is 4.39 Å². The smallest absolute Gasteiger partial charge is 0.127 e. The van der Waals surface area contributed by atoms with Crippen molar-refractivity contribution in [1.82, 2.24) is 0 Å². The summed E-state index contributed by atoms with van der Waals surface area (Å²) in [4.78, 5) is 0. The highest BCUT2D eigenvalue weighted by Gasteiger charge is 2.22. The predicted octanol–water partition coefficient (Wildman–Crippen LogP) is 3.71. The van der Waals surface area contributed by atoms with Crippen LogP contribution in [0.5, 0.6) is 0 Å². The van der Waals surface area contributed by atoms with E-state index in [1.807, 2.05) is 12.1 Å². The van der Waals surface area contributed by atoms with E-state index in [0.29, 0.717) is 11.5 Å². The third-order valence-electron chi connectivity index (χ3n) is 3.50. The molecule has 1 saturated carbocycles. The van der Waals surface area contributed by atoms with Gasteiger partial charge in [-0.3, -0.25) is 0 Å². The second kappa shape index (κ2) is 4.17. The van der Waals surface area contributed by atoms with Crippen molar-refractivity contribution in [2.45, 2.75) is 51.0 Å². The molecule has 1 aromatic rings. The maximum Gasteiger partial charge on any atom is 0.127 e. The Kier molecular flexibility index (Phi) is 3.02. The summed E-state index contributed by atoms with van der Waals surface area (Å²) in [5, 5.41) is 9.80.